The zero-order valence-corrected chi connectivity index (χ0v) is 11.9. The second kappa shape index (κ2) is 5.26. The van der Waals surface area contributed by atoms with E-state index in [-0.39, 0.29) is 0 Å². The fraction of sp³-hybridized carbons (Fsp3) is 0.438. The predicted molar refractivity (Wildman–Crippen MR) is 74.2 cm³/mol. The number of aliphatic hydroxyl groups excluding tert-OH is 1. The molecule has 0 spiro atoms. The molecule has 0 radical (unpaired) electrons. The molecule has 3 rings (SSSR count). The molecular weight excluding hydrogens is 272 g/mol. The first kappa shape index (κ1) is 14.3. The van der Waals surface area contributed by atoms with Crippen LogP contribution < -0.4 is 0 Å². The standard InChI is InChI=1S/C16H18O5/c1-16(2)20-13(10-6-4-3-5-7-10)15(21-16)14-11(17)8-9-12(18)19-14/h3-9,11,13-15,17H,1-2H3/t11-,13+,14+,15+/m0/s1. The van der Waals surface area contributed by atoms with Crippen molar-refractivity contribution < 1.29 is 24.1 Å². The van der Waals surface area contributed by atoms with Crippen molar-refractivity contribution in [2.75, 3.05) is 0 Å². The first-order valence-corrected chi connectivity index (χ1v) is 6.94. The third kappa shape index (κ3) is 2.85. The molecule has 0 bridgehead atoms. The van der Waals surface area contributed by atoms with E-state index < -0.39 is 36.2 Å². The number of ether oxygens (including phenoxy) is 3. The molecule has 1 aromatic rings. The van der Waals surface area contributed by atoms with Crippen molar-refractivity contribution in [2.24, 2.45) is 0 Å². The summed E-state index contributed by atoms with van der Waals surface area (Å²) in [5, 5.41) is 10.1. The third-order valence-corrected chi connectivity index (χ3v) is 3.60. The lowest BCUT2D eigenvalue weighted by Gasteiger charge is -2.30. The van der Waals surface area contributed by atoms with Crippen molar-refractivity contribution in [1.82, 2.24) is 0 Å². The highest BCUT2D eigenvalue weighted by atomic mass is 16.8. The molecule has 1 fully saturated rings. The number of aliphatic hydroxyl groups is 1. The number of hydrogen-bond donors (Lipinski definition) is 1. The molecule has 4 atom stereocenters. The summed E-state index contributed by atoms with van der Waals surface area (Å²) in [5.74, 6) is -1.29. The van der Waals surface area contributed by atoms with Gasteiger partial charge in [-0.15, -0.1) is 0 Å². The quantitative estimate of drug-likeness (QED) is 0.840. The van der Waals surface area contributed by atoms with Crippen molar-refractivity contribution in [3.05, 3.63) is 48.0 Å². The van der Waals surface area contributed by atoms with E-state index in [2.05, 4.69) is 0 Å². The SMILES string of the molecule is CC1(C)O[C@@H]([C@@H]2OC(=O)C=C[C@@H]2O)[C@@H](c2ccccc2)O1. The van der Waals surface area contributed by atoms with E-state index in [4.69, 9.17) is 14.2 Å². The summed E-state index contributed by atoms with van der Waals surface area (Å²) in [6.45, 7) is 3.60. The van der Waals surface area contributed by atoms with Crippen LogP contribution in [0, 0.1) is 0 Å². The van der Waals surface area contributed by atoms with E-state index in [1.807, 2.05) is 30.3 Å². The van der Waals surface area contributed by atoms with Gasteiger partial charge in [0, 0.05) is 6.08 Å². The van der Waals surface area contributed by atoms with E-state index in [1.165, 1.54) is 12.2 Å². The number of benzene rings is 1. The average molecular weight is 290 g/mol. The summed E-state index contributed by atoms with van der Waals surface area (Å²) in [4.78, 5) is 11.5. The minimum absolute atomic E-state index is 0.403. The van der Waals surface area contributed by atoms with Gasteiger partial charge in [0.15, 0.2) is 11.9 Å². The monoisotopic (exact) mass is 290 g/mol. The molecule has 2 aliphatic heterocycles. The normalized spacial score (nSPS) is 34.7. The van der Waals surface area contributed by atoms with Gasteiger partial charge in [-0.1, -0.05) is 30.3 Å². The van der Waals surface area contributed by atoms with Gasteiger partial charge in [0.05, 0.1) is 0 Å². The van der Waals surface area contributed by atoms with E-state index >= 15 is 0 Å². The lowest BCUT2D eigenvalue weighted by Crippen LogP contribution is -2.45. The number of rotatable bonds is 2. The van der Waals surface area contributed by atoms with Crippen LogP contribution in [0.4, 0.5) is 0 Å². The van der Waals surface area contributed by atoms with Crippen molar-refractivity contribution in [3.8, 4) is 0 Å². The Morgan fingerprint density at radius 2 is 1.81 bits per heavy atom. The largest absolute Gasteiger partial charge is 0.453 e. The fourth-order valence-electron chi connectivity index (χ4n) is 2.72. The van der Waals surface area contributed by atoms with Crippen LogP contribution in [-0.4, -0.2) is 35.2 Å². The first-order valence-electron chi connectivity index (χ1n) is 6.94. The number of esters is 1. The first-order chi connectivity index (χ1) is 9.96. The van der Waals surface area contributed by atoms with Gasteiger partial charge in [0.25, 0.3) is 0 Å². The average Bonchev–Trinajstić information content (AvgIpc) is 2.78. The highest BCUT2D eigenvalue weighted by Crippen LogP contribution is 2.41. The van der Waals surface area contributed by atoms with Crippen LogP contribution in [0.15, 0.2) is 42.5 Å². The lowest BCUT2D eigenvalue weighted by atomic mass is 9.96. The zero-order chi connectivity index (χ0) is 15.0. The Balaban J connectivity index is 1.91. The lowest BCUT2D eigenvalue weighted by molar-refractivity contribution is -0.177. The molecular formula is C16H18O5. The predicted octanol–water partition coefficient (Wildman–Crippen LogP) is 1.72. The highest BCUT2D eigenvalue weighted by Gasteiger charge is 2.49. The van der Waals surface area contributed by atoms with E-state index in [0.29, 0.717) is 0 Å². The maximum absolute atomic E-state index is 11.5. The summed E-state index contributed by atoms with van der Waals surface area (Å²) in [6.07, 6.45) is -0.00953. The van der Waals surface area contributed by atoms with Gasteiger partial charge in [-0.05, 0) is 25.5 Å². The van der Waals surface area contributed by atoms with Gasteiger partial charge in [0.2, 0.25) is 0 Å². The van der Waals surface area contributed by atoms with Gasteiger partial charge in [0.1, 0.15) is 18.3 Å². The number of hydrogen-bond acceptors (Lipinski definition) is 5. The van der Waals surface area contributed by atoms with Crippen LogP contribution in [0.25, 0.3) is 0 Å². The maximum atomic E-state index is 11.5. The highest BCUT2D eigenvalue weighted by molar-refractivity contribution is 5.83. The number of carbonyl (C=O) groups is 1. The molecule has 2 heterocycles. The van der Waals surface area contributed by atoms with Gasteiger partial charge < -0.3 is 19.3 Å². The molecule has 0 unspecified atom stereocenters. The van der Waals surface area contributed by atoms with E-state index in [0.717, 1.165) is 5.56 Å². The smallest absolute Gasteiger partial charge is 0.330 e. The summed E-state index contributed by atoms with van der Waals surface area (Å²) in [6, 6.07) is 9.58. The molecule has 2 aliphatic rings. The minimum Gasteiger partial charge on any atom is -0.453 e. The Hall–Kier alpha value is -1.69. The number of cyclic esters (lactones) is 1. The Morgan fingerprint density at radius 1 is 1.10 bits per heavy atom. The molecule has 5 nitrogen and oxygen atoms in total. The second-order valence-electron chi connectivity index (χ2n) is 5.68. The Morgan fingerprint density at radius 3 is 2.52 bits per heavy atom. The molecule has 0 amide bonds. The van der Waals surface area contributed by atoms with Gasteiger partial charge in [-0.2, -0.15) is 0 Å². The number of carbonyl (C=O) groups excluding carboxylic acids is 1. The van der Waals surface area contributed by atoms with Gasteiger partial charge >= 0.3 is 5.97 Å². The van der Waals surface area contributed by atoms with E-state index in [9.17, 15) is 9.90 Å². The Labute approximate surface area is 123 Å². The molecule has 0 aromatic heterocycles. The molecule has 1 aromatic carbocycles. The molecule has 5 heteroatoms. The fourth-order valence-corrected chi connectivity index (χ4v) is 2.72. The second-order valence-corrected chi connectivity index (χ2v) is 5.68. The molecule has 0 saturated carbocycles. The van der Waals surface area contributed by atoms with Crippen molar-refractivity contribution in [2.45, 2.75) is 44.1 Å². The van der Waals surface area contributed by atoms with E-state index in [1.54, 1.807) is 13.8 Å². The topological polar surface area (TPSA) is 65.0 Å². The third-order valence-electron chi connectivity index (χ3n) is 3.60. The molecule has 112 valence electrons. The minimum atomic E-state index is -0.906. The Kier molecular flexibility index (Phi) is 3.57. The van der Waals surface area contributed by atoms with Crippen LogP contribution in [0.3, 0.4) is 0 Å². The van der Waals surface area contributed by atoms with Crippen molar-refractivity contribution in [1.29, 1.82) is 0 Å². The van der Waals surface area contributed by atoms with Crippen molar-refractivity contribution in [3.63, 3.8) is 0 Å². The summed E-state index contributed by atoms with van der Waals surface area (Å²) >= 11 is 0. The molecule has 0 aliphatic carbocycles. The Bertz CT molecular complexity index is 551. The summed E-state index contributed by atoms with van der Waals surface area (Å²) in [5.41, 5.74) is 0.922. The van der Waals surface area contributed by atoms with Gasteiger partial charge in [-0.3, -0.25) is 0 Å². The summed E-state index contributed by atoms with van der Waals surface area (Å²) in [7, 11) is 0. The van der Waals surface area contributed by atoms with Crippen LogP contribution >= 0.6 is 0 Å². The zero-order valence-electron chi connectivity index (χ0n) is 11.9. The van der Waals surface area contributed by atoms with Gasteiger partial charge in [-0.25, -0.2) is 4.79 Å². The molecule has 1 saturated heterocycles. The summed E-state index contributed by atoms with van der Waals surface area (Å²) < 4.78 is 17.1. The van der Waals surface area contributed by atoms with Crippen LogP contribution in [0.1, 0.15) is 25.5 Å². The van der Waals surface area contributed by atoms with Crippen molar-refractivity contribution >= 4 is 5.97 Å². The van der Waals surface area contributed by atoms with Crippen LogP contribution in [0.2, 0.25) is 0 Å². The molecule has 1 N–H and O–H groups in total. The maximum Gasteiger partial charge on any atom is 0.330 e. The van der Waals surface area contributed by atoms with Crippen LogP contribution in [-0.2, 0) is 19.0 Å². The molecule has 21 heavy (non-hydrogen) atoms. The van der Waals surface area contributed by atoms with Crippen LogP contribution in [0.5, 0.6) is 0 Å².